The first kappa shape index (κ1) is 8.95. The lowest BCUT2D eigenvalue weighted by Crippen LogP contribution is -1.87. The van der Waals surface area contributed by atoms with Crippen LogP contribution in [0.15, 0.2) is 36.9 Å². The average molecular weight is 183 g/mol. The van der Waals surface area contributed by atoms with Gasteiger partial charge in [0.25, 0.3) is 0 Å². The summed E-state index contributed by atoms with van der Waals surface area (Å²) in [5, 5.41) is 1.19. The molecule has 2 aromatic rings. The molecule has 0 unspecified atom stereocenters. The summed E-state index contributed by atoms with van der Waals surface area (Å²) in [7, 11) is 0. The number of fused-ring (bicyclic) bond motifs is 1. The van der Waals surface area contributed by atoms with E-state index < -0.39 is 0 Å². The lowest BCUT2D eigenvalue weighted by molar-refractivity contribution is 1.06. The molecule has 1 nitrogen and oxygen atoms in total. The van der Waals surface area contributed by atoms with Gasteiger partial charge in [-0.1, -0.05) is 37.8 Å². The van der Waals surface area contributed by atoms with Crippen molar-refractivity contribution in [3.05, 3.63) is 48.2 Å². The number of hydrogen-bond acceptors (Lipinski definition) is 1. The predicted molar refractivity (Wildman–Crippen MR) is 61.2 cm³/mol. The molecule has 0 aliphatic carbocycles. The molecule has 0 fully saturated rings. The second-order valence-corrected chi connectivity index (χ2v) is 3.31. The topological polar surface area (TPSA) is 12.9 Å². The Morgan fingerprint density at radius 2 is 2.07 bits per heavy atom. The zero-order valence-corrected chi connectivity index (χ0v) is 8.33. The van der Waals surface area contributed by atoms with E-state index in [9.17, 15) is 0 Å². The molecule has 0 atom stereocenters. The fourth-order valence-electron chi connectivity index (χ4n) is 1.50. The Balaban J connectivity index is 2.65. The van der Waals surface area contributed by atoms with Gasteiger partial charge in [-0.3, -0.25) is 4.98 Å². The summed E-state index contributed by atoms with van der Waals surface area (Å²) in [4.78, 5) is 4.55. The summed E-state index contributed by atoms with van der Waals surface area (Å²) in [5.41, 5.74) is 3.32. The molecule has 1 heteroatoms. The molecule has 1 aromatic carbocycles. The van der Waals surface area contributed by atoms with Crippen LogP contribution in [0.25, 0.3) is 17.0 Å². The minimum Gasteiger partial charge on any atom is -0.253 e. The molecular formula is C13H13N. The van der Waals surface area contributed by atoms with Crippen LogP contribution in [0.2, 0.25) is 0 Å². The Morgan fingerprint density at radius 3 is 2.79 bits per heavy atom. The van der Waals surface area contributed by atoms with Gasteiger partial charge in [0, 0.05) is 11.1 Å². The molecule has 0 bridgehead atoms. The van der Waals surface area contributed by atoms with Gasteiger partial charge in [0.15, 0.2) is 0 Å². The zero-order valence-electron chi connectivity index (χ0n) is 8.33. The van der Waals surface area contributed by atoms with E-state index in [0.29, 0.717) is 0 Å². The van der Waals surface area contributed by atoms with Crippen molar-refractivity contribution in [3.8, 4) is 0 Å². The summed E-state index contributed by atoms with van der Waals surface area (Å²) in [6, 6.07) is 10.4. The van der Waals surface area contributed by atoms with Gasteiger partial charge in [-0.05, 0) is 24.1 Å². The van der Waals surface area contributed by atoms with Crippen molar-refractivity contribution in [2.45, 2.75) is 13.3 Å². The number of pyridine rings is 1. The molecule has 0 N–H and O–H groups in total. The second-order valence-electron chi connectivity index (χ2n) is 3.31. The summed E-state index contributed by atoms with van der Waals surface area (Å²) in [6.07, 6.45) is 2.83. The third-order valence-corrected chi connectivity index (χ3v) is 2.37. The van der Waals surface area contributed by atoms with Crippen LogP contribution in [0.3, 0.4) is 0 Å². The first-order chi connectivity index (χ1) is 6.83. The molecule has 1 heterocycles. The molecule has 0 radical (unpaired) electrons. The van der Waals surface area contributed by atoms with Crippen molar-refractivity contribution in [2.24, 2.45) is 0 Å². The molecule has 14 heavy (non-hydrogen) atoms. The van der Waals surface area contributed by atoms with E-state index in [2.05, 4.69) is 48.8 Å². The summed E-state index contributed by atoms with van der Waals surface area (Å²) >= 11 is 0. The zero-order chi connectivity index (χ0) is 9.97. The lowest BCUT2D eigenvalue weighted by atomic mass is 10.1. The minimum absolute atomic E-state index is 0.980. The van der Waals surface area contributed by atoms with Crippen molar-refractivity contribution in [2.75, 3.05) is 0 Å². The second kappa shape index (κ2) is 3.62. The van der Waals surface area contributed by atoms with Gasteiger partial charge < -0.3 is 0 Å². The first-order valence-corrected chi connectivity index (χ1v) is 4.85. The Kier molecular flexibility index (Phi) is 2.32. The Morgan fingerprint density at radius 1 is 1.29 bits per heavy atom. The fraction of sp³-hybridized carbons (Fsp3) is 0.154. The molecule has 0 aliphatic rings. The number of aromatic nitrogens is 1. The van der Waals surface area contributed by atoms with Crippen LogP contribution in [0.4, 0.5) is 0 Å². The molecule has 0 saturated carbocycles. The van der Waals surface area contributed by atoms with E-state index >= 15 is 0 Å². The summed E-state index contributed by atoms with van der Waals surface area (Å²) in [6.45, 7) is 5.87. The summed E-state index contributed by atoms with van der Waals surface area (Å²) in [5.74, 6) is 0. The van der Waals surface area contributed by atoms with Crippen molar-refractivity contribution >= 4 is 17.0 Å². The van der Waals surface area contributed by atoms with Gasteiger partial charge in [0.05, 0.1) is 5.52 Å². The van der Waals surface area contributed by atoms with E-state index in [4.69, 9.17) is 0 Å². The van der Waals surface area contributed by atoms with Crippen molar-refractivity contribution in [1.29, 1.82) is 0 Å². The predicted octanol–water partition coefficient (Wildman–Crippen LogP) is 3.44. The van der Waals surface area contributed by atoms with Crippen molar-refractivity contribution < 1.29 is 0 Å². The maximum absolute atomic E-state index is 4.55. The highest BCUT2D eigenvalue weighted by atomic mass is 14.7. The largest absolute Gasteiger partial charge is 0.253 e. The Bertz CT molecular complexity index is 472. The molecule has 0 saturated heterocycles. The summed E-state index contributed by atoms with van der Waals surface area (Å²) < 4.78 is 0. The van der Waals surface area contributed by atoms with Gasteiger partial charge in [0.2, 0.25) is 0 Å². The Hall–Kier alpha value is -1.63. The smallest absolute Gasteiger partial charge is 0.0711 e. The highest BCUT2D eigenvalue weighted by molar-refractivity contribution is 5.81. The maximum atomic E-state index is 4.55. The van der Waals surface area contributed by atoms with E-state index in [-0.39, 0.29) is 0 Å². The van der Waals surface area contributed by atoms with Gasteiger partial charge in [-0.15, -0.1) is 0 Å². The van der Waals surface area contributed by atoms with Crippen molar-refractivity contribution in [3.63, 3.8) is 0 Å². The van der Waals surface area contributed by atoms with Gasteiger partial charge >= 0.3 is 0 Å². The first-order valence-electron chi connectivity index (χ1n) is 4.85. The molecule has 70 valence electrons. The third-order valence-electron chi connectivity index (χ3n) is 2.37. The SMILES string of the molecule is C=Cc1ccc2ccc(CC)nc2c1. The minimum atomic E-state index is 0.980. The van der Waals surface area contributed by atoms with E-state index in [0.717, 1.165) is 23.2 Å². The molecule has 2 rings (SSSR count). The third kappa shape index (κ3) is 1.53. The number of benzene rings is 1. The quantitative estimate of drug-likeness (QED) is 0.695. The van der Waals surface area contributed by atoms with E-state index in [1.54, 1.807) is 0 Å². The van der Waals surface area contributed by atoms with E-state index in [1.165, 1.54) is 5.39 Å². The Labute approximate surface area is 84.1 Å². The van der Waals surface area contributed by atoms with Crippen LogP contribution in [0.1, 0.15) is 18.2 Å². The molecule has 0 spiro atoms. The standard InChI is InChI=1S/C13H13N/c1-3-10-5-6-11-7-8-12(4-2)14-13(11)9-10/h3,5-9H,1,4H2,2H3. The molecular weight excluding hydrogens is 170 g/mol. The van der Waals surface area contributed by atoms with Gasteiger partial charge in [-0.2, -0.15) is 0 Å². The van der Waals surface area contributed by atoms with Crippen LogP contribution in [-0.4, -0.2) is 4.98 Å². The van der Waals surface area contributed by atoms with Gasteiger partial charge in [-0.25, -0.2) is 0 Å². The number of aryl methyl sites for hydroxylation is 1. The monoisotopic (exact) mass is 183 g/mol. The van der Waals surface area contributed by atoms with Crippen LogP contribution >= 0.6 is 0 Å². The highest BCUT2D eigenvalue weighted by Crippen LogP contribution is 2.15. The molecule has 0 aliphatic heterocycles. The highest BCUT2D eigenvalue weighted by Gasteiger charge is 1.96. The molecule has 1 aromatic heterocycles. The fourth-order valence-corrected chi connectivity index (χ4v) is 1.50. The molecule has 0 amide bonds. The van der Waals surface area contributed by atoms with Crippen LogP contribution in [0, 0.1) is 0 Å². The normalized spacial score (nSPS) is 10.4. The van der Waals surface area contributed by atoms with Crippen LogP contribution in [0.5, 0.6) is 0 Å². The maximum Gasteiger partial charge on any atom is 0.0711 e. The van der Waals surface area contributed by atoms with Crippen molar-refractivity contribution in [1.82, 2.24) is 4.98 Å². The number of nitrogens with zero attached hydrogens (tertiary/aromatic N) is 1. The van der Waals surface area contributed by atoms with Crippen LogP contribution < -0.4 is 0 Å². The lowest BCUT2D eigenvalue weighted by Gasteiger charge is -2.01. The van der Waals surface area contributed by atoms with Gasteiger partial charge in [0.1, 0.15) is 0 Å². The van der Waals surface area contributed by atoms with E-state index in [1.807, 2.05) is 6.08 Å². The number of hydrogen-bond donors (Lipinski definition) is 0. The average Bonchev–Trinajstić information content (AvgIpc) is 2.27. The number of rotatable bonds is 2. The van der Waals surface area contributed by atoms with Crippen LogP contribution in [-0.2, 0) is 6.42 Å².